The summed E-state index contributed by atoms with van der Waals surface area (Å²) in [6.45, 7) is 2.47. The molecule has 0 bridgehead atoms. The first-order chi connectivity index (χ1) is 10.2. The van der Waals surface area contributed by atoms with Crippen molar-refractivity contribution >= 4 is 5.91 Å². The zero-order chi connectivity index (χ0) is 14.9. The van der Waals surface area contributed by atoms with E-state index in [4.69, 9.17) is 5.73 Å². The molecule has 1 aromatic carbocycles. The topological polar surface area (TPSA) is 72.9 Å². The number of carbonyl (C=O) groups is 1. The van der Waals surface area contributed by atoms with Crippen molar-refractivity contribution in [1.29, 1.82) is 0 Å². The molecular formula is C16H22N4O. The zero-order valence-corrected chi connectivity index (χ0v) is 12.2. The fraction of sp³-hybridized carbons (Fsp3) is 0.375. The number of carbonyl (C=O) groups excluding carboxylic acids is 1. The van der Waals surface area contributed by atoms with E-state index in [2.05, 4.69) is 28.7 Å². The highest BCUT2D eigenvalue weighted by atomic mass is 16.1. The lowest BCUT2D eigenvalue weighted by Crippen LogP contribution is -2.16. The number of unbranched alkanes of at least 4 members (excludes halogenated alkanes) is 1. The Hall–Kier alpha value is -2.14. The lowest BCUT2D eigenvalue weighted by Gasteiger charge is -2.02. The summed E-state index contributed by atoms with van der Waals surface area (Å²) in [5, 5.41) is 7.71. The van der Waals surface area contributed by atoms with Gasteiger partial charge in [0.1, 0.15) is 0 Å². The summed E-state index contributed by atoms with van der Waals surface area (Å²) in [6.07, 6.45) is 6.22. The fourth-order valence-electron chi connectivity index (χ4n) is 2.14. The third-order valence-corrected chi connectivity index (χ3v) is 3.23. The van der Waals surface area contributed by atoms with Gasteiger partial charge in [0.05, 0.1) is 12.7 Å². The van der Waals surface area contributed by atoms with E-state index in [-0.39, 0.29) is 5.91 Å². The number of amides is 1. The van der Waals surface area contributed by atoms with Crippen molar-refractivity contribution in [3.63, 3.8) is 0 Å². The van der Waals surface area contributed by atoms with E-state index in [1.807, 2.05) is 29.1 Å². The number of nitrogens with zero attached hydrogens (tertiary/aromatic N) is 2. The van der Waals surface area contributed by atoms with Gasteiger partial charge in [0.25, 0.3) is 0 Å². The van der Waals surface area contributed by atoms with Crippen molar-refractivity contribution < 1.29 is 4.79 Å². The maximum absolute atomic E-state index is 10.6. The van der Waals surface area contributed by atoms with E-state index >= 15 is 0 Å². The molecule has 0 saturated carbocycles. The molecule has 0 spiro atoms. The number of aromatic nitrogens is 2. The van der Waals surface area contributed by atoms with Crippen molar-refractivity contribution in [3.05, 3.63) is 53.9 Å². The second-order valence-corrected chi connectivity index (χ2v) is 5.13. The number of nitrogens with one attached hydrogen (secondary N) is 1. The van der Waals surface area contributed by atoms with Crippen LogP contribution in [0.2, 0.25) is 0 Å². The van der Waals surface area contributed by atoms with Crippen LogP contribution in [-0.4, -0.2) is 22.2 Å². The zero-order valence-electron chi connectivity index (χ0n) is 12.2. The van der Waals surface area contributed by atoms with Crippen LogP contribution in [0.25, 0.3) is 0 Å². The van der Waals surface area contributed by atoms with Gasteiger partial charge in [0.2, 0.25) is 5.91 Å². The van der Waals surface area contributed by atoms with Gasteiger partial charge in [-0.1, -0.05) is 30.3 Å². The van der Waals surface area contributed by atoms with Crippen LogP contribution in [0.5, 0.6) is 0 Å². The first-order valence-electron chi connectivity index (χ1n) is 7.28. The molecule has 0 radical (unpaired) electrons. The van der Waals surface area contributed by atoms with E-state index < -0.39 is 0 Å². The normalized spacial score (nSPS) is 10.7. The van der Waals surface area contributed by atoms with Crippen molar-refractivity contribution in [2.45, 2.75) is 32.4 Å². The molecule has 5 heteroatoms. The molecule has 2 aromatic rings. The van der Waals surface area contributed by atoms with Gasteiger partial charge in [-0.2, -0.15) is 5.10 Å². The van der Waals surface area contributed by atoms with Crippen LogP contribution in [0.15, 0.2) is 42.7 Å². The standard InChI is InChI=1S/C16H22N4O/c17-16(21)8-4-5-9-18-10-15-11-19-20(13-15)12-14-6-2-1-3-7-14/h1-3,6-7,11,13,18H,4-5,8-10,12H2,(H2,17,21). The van der Waals surface area contributed by atoms with Crippen molar-refractivity contribution in [2.75, 3.05) is 6.54 Å². The van der Waals surface area contributed by atoms with Crippen molar-refractivity contribution in [3.8, 4) is 0 Å². The van der Waals surface area contributed by atoms with Gasteiger partial charge in [-0.25, -0.2) is 0 Å². The average Bonchev–Trinajstić information content (AvgIpc) is 2.91. The second kappa shape index (κ2) is 8.21. The molecule has 0 aliphatic heterocycles. The first-order valence-corrected chi connectivity index (χ1v) is 7.28. The maximum atomic E-state index is 10.6. The van der Waals surface area contributed by atoms with E-state index in [9.17, 15) is 4.79 Å². The number of benzene rings is 1. The SMILES string of the molecule is NC(=O)CCCCNCc1cnn(Cc2ccccc2)c1. The quantitative estimate of drug-likeness (QED) is 0.689. The molecule has 1 aromatic heterocycles. The van der Waals surface area contributed by atoms with E-state index in [0.29, 0.717) is 6.42 Å². The molecule has 0 aliphatic carbocycles. The van der Waals surface area contributed by atoms with Crippen LogP contribution >= 0.6 is 0 Å². The van der Waals surface area contributed by atoms with Crippen LogP contribution in [0.1, 0.15) is 30.4 Å². The van der Waals surface area contributed by atoms with Gasteiger partial charge in [0.15, 0.2) is 0 Å². The first kappa shape index (κ1) is 15.3. The number of nitrogens with two attached hydrogens (primary N) is 1. The van der Waals surface area contributed by atoms with Crippen LogP contribution in [0.3, 0.4) is 0 Å². The molecule has 112 valence electrons. The molecule has 0 saturated heterocycles. The molecule has 21 heavy (non-hydrogen) atoms. The van der Waals surface area contributed by atoms with Gasteiger partial charge in [-0.3, -0.25) is 9.48 Å². The molecule has 3 N–H and O–H groups in total. The second-order valence-electron chi connectivity index (χ2n) is 5.13. The van der Waals surface area contributed by atoms with Gasteiger partial charge in [-0.05, 0) is 24.9 Å². The summed E-state index contributed by atoms with van der Waals surface area (Å²) in [4.78, 5) is 10.6. The largest absolute Gasteiger partial charge is 0.370 e. The predicted octanol–water partition coefficient (Wildman–Crippen LogP) is 1.68. The molecule has 2 rings (SSSR count). The molecule has 0 unspecified atom stereocenters. The highest BCUT2D eigenvalue weighted by Gasteiger charge is 2.00. The molecular weight excluding hydrogens is 264 g/mol. The maximum Gasteiger partial charge on any atom is 0.217 e. The molecule has 0 atom stereocenters. The van der Waals surface area contributed by atoms with Gasteiger partial charge < -0.3 is 11.1 Å². The predicted molar refractivity (Wildman–Crippen MR) is 82.5 cm³/mol. The lowest BCUT2D eigenvalue weighted by atomic mass is 10.2. The number of hydrogen-bond donors (Lipinski definition) is 2. The van der Waals surface area contributed by atoms with Crippen LogP contribution in [0.4, 0.5) is 0 Å². The Morgan fingerprint density at radius 3 is 2.76 bits per heavy atom. The van der Waals surface area contributed by atoms with Crippen LogP contribution < -0.4 is 11.1 Å². The Balaban J connectivity index is 1.67. The summed E-state index contributed by atoms with van der Waals surface area (Å²) in [5.74, 6) is -0.225. The lowest BCUT2D eigenvalue weighted by molar-refractivity contribution is -0.118. The van der Waals surface area contributed by atoms with E-state index in [1.165, 1.54) is 11.1 Å². The molecule has 5 nitrogen and oxygen atoms in total. The molecule has 1 amide bonds. The highest BCUT2D eigenvalue weighted by molar-refractivity contribution is 5.73. The Morgan fingerprint density at radius 1 is 1.19 bits per heavy atom. The monoisotopic (exact) mass is 286 g/mol. The summed E-state index contributed by atoms with van der Waals surface area (Å²) in [5.41, 5.74) is 7.50. The Kier molecular flexibility index (Phi) is 5.97. The minimum absolute atomic E-state index is 0.225. The summed E-state index contributed by atoms with van der Waals surface area (Å²) >= 11 is 0. The highest BCUT2D eigenvalue weighted by Crippen LogP contribution is 2.04. The fourth-order valence-corrected chi connectivity index (χ4v) is 2.14. The van der Waals surface area contributed by atoms with Gasteiger partial charge in [-0.15, -0.1) is 0 Å². The minimum Gasteiger partial charge on any atom is -0.370 e. The third-order valence-electron chi connectivity index (χ3n) is 3.23. The van der Waals surface area contributed by atoms with E-state index in [1.54, 1.807) is 0 Å². The Bertz CT molecular complexity index is 550. The minimum atomic E-state index is -0.225. The van der Waals surface area contributed by atoms with Crippen LogP contribution in [0, 0.1) is 0 Å². The number of rotatable bonds is 9. The summed E-state index contributed by atoms with van der Waals surface area (Å²) in [7, 11) is 0. The molecule has 1 heterocycles. The Labute approximate surface area is 125 Å². The average molecular weight is 286 g/mol. The summed E-state index contributed by atoms with van der Waals surface area (Å²) in [6, 6.07) is 10.3. The van der Waals surface area contributed by atoms with Gasteiger partial charge in [0, 0.05) is 24.7 Å². The third kappa shape index (κ3) is 5.79. The molecule has 0 aliphatic rings. The Morgan fingerprint density at radius 2 is 2.00 bits per heavy atom. The van der Waals surface area contributed by atoms with Gasteiger partial charge >= 0.3 is 0 Å². The van der Waals surface area contributed by atoms with Crippen molar-refractivity contribution in [1.82, 2.24) is 15.1 Å². The van der Waals surface area contributed by atoms with E-state index in [0.717, 1.165) is 32.5 Å². The van der Waals surface area contributed by atoms with Crippen LogP contribution in [-0.2, 0) is 17.9 Å². The number of hydrogen-bond acceptors (Lipinski definition) is 3. The summed E-state index contributed by atoms with van der Waals surface area (Å²) < 4.78 is 1.94. The molecule has 0 fully saturated rings. The van der Waals surface area contributed by atoms with Crippen molar-refractivity contribution in [2.24, 2.45) is 5.73 Å². The smallest absolute Gasteiger partial charge is 0.217 e. The number of primary amides is 1.